The van der Waals surface area contributed by atoms with Crippen LogP contribution >= 0.6 is 12.4 Å². The molecule has 21 heavy (non-hydrogen) atoms. The maximum absolute atomic E-state index is 12.6. The highest BCUT2D eigenvalue weighted by molar-refractivity contribution is 5.92. The largest absolute Gasteiger partial charge is 0.397 e. The fourth-order valence-corrected chi connectivity index (χ4v) is 2.21. The lowest BCUT2D eigenvalue weighted by Crippen LogP contribution is -2.33. The highest BCUT2D eigenvalue weighted by Crippen LogP contribution is 2.29. The van der Waals surface area contributed by atoms with E-state index in [9.17, 15) is 4.79 Å². The summed E-state index contributed by atoms with van der Waals surface area (Å²) in [6.07, 6.45) is 3.68. The Labute approximate surface area is 130 Å². The average molecular weight is 304 g/mol. The molecule has 1 aliphatic carbocycles. The number of pyridine rings is 1. The van der Waals surface area contributed by atoms with Crippen molar-refractivity contribution in [2.75, 3.05) is 5.73 Å². The Bertz CT molecular complexity index is 597. The molecule has 3 rings (SSSR count). The topological polar surface area (TPSA) is 59.2 Å². The fourth-order valence-electron chi connectivity index (χ4n) is 2.21. The van der Waals surface area contributed by atoms with Crippen LogP contribution in [0.2, 0.25) is 0 Å². The van der Waals surface area contributed by atoms with Gasteiger partial charge in [0.15, 0.2) is 0 Å². The molecule has 0 saturated heterocycles. The molecular weight excluding hydrogens is 286 g/mol. The van der Waals surface area contributed by atoms with Crippen molar-refractivity contribution in [2.24, 2.45) is 0 Å². The van der Waals surface area contributed by atoms with Gasteiger partial charge in [-0.2, -0.15) is 0 Å². The minimum absolute atomic E-state index is 0. The molecule has 110 valence electrons. The highest BCUT2D eigenvalue weighted by Gasteiger charge is 2.33. The number of benzene rings is 1. The molecule has 4 nitrogen and oxygen atoms in total. The predicted octanol–water partition coefficient (Wildman–Crippen LogP) is 2.89. The highest BCUT2D eigenvalue weighted by atomic mass is 35.5. The third-order valence-corrected chi connectivity index (χ3v) is 3.45. The molecule has 1 heterocycles. The first-order valence-electron chi connectivity index (χ1n) is 6.80. The van der Waals surface area contributed by atoms with E-state index < -0.39 is 0 Å². The van der Waals surface area contributed by atoms with E-state index >= 15 is 0 Å². The SMILES string of the molecule is Cl.Nc1ccc(C(=O)N(Cc2ccccc2)C2CC2)nc1. The van der Waals surface area contributed by atoms with E-state index in [0.717, 1.165) is 18.4 Å². The number of hydrogen-bond acceptors (Lipinski definition) is 3. The number of anilines is 1. The molecule has 2 N–H and O–H groups in total. The zero-order valence-electron chi connectivity index (χ0n) is 11.6. The van der Waals surface area contributed by atoms with Crippen LogP contribution in [0.1, 0.15) is 28.9 Å². The van der Waals surface area contributed by atoms with Gasteiger partial charge in [0, 0.05) is 12.6 Å². The summed E-state index contributed by atoms with van der Waals surface area (Å²) in [5.74, 6) is -0.0173. The maximum atomic E-state index is 12.6. The predicted molar refractivity (Wildman–Crippen MR) is 85.2 cm³/mol. The zero-order valence-corrected chi connectivity index (χ0v) is 12.4. The molecule has 0 unspecified atom stereocenters. The number of carbonyl (C=O) groups excluding carboxylic acids is 1. The Morgan fingerprint density at radius 2 is 1.90 bits per heavy atom. The van der Waals surface area contributed by atoms with Gasteiger partial charge in [0.2, 0.25) is 0 Å². The van der Waals surface area contributed by atoms with Crippen molar-refractivity contribution in [3.05, 3.63) is 59.9 Å². The quantitative estimate of drug-likeness (QED) is 0.945. The normalized spacial score (nSPS) is 13.3. The van der Waals surface area contributed by atoms with Crippen molar-refractivity contribution in [2.45, 2.75) is 25.4 Å². The molecule has 1 aliphatic rings. The van der Waals surface area contributed by atoms with Crippen LogP contribution in [-0.2, 0) is 6.54 Å². The molecule has 1 amide bonds. The van der Waals surface area contributed by atoms with E-state index in [-0.39, 0.29) is 18.3 Å². The van der Waals surface area contributed by atoms with Gasteiger partial charge < -0.3 is 10.6 Å². The summed E-state index contributed by atoms with van der Waals surface area (Å²) >= 11 is 0. The lowest BCUT2D eigenvalue weighted by Gasteiger charge is -2.22. The molecule has 1 aromatic carbocycles. The molecule has 1 aromatic heterocycles. The summed E-state index contributed by atoms with van der Waals surface area (Å²) in [5, 5.41) is 0. The Hall–Kier alpha value is -2.07. The Kier molecular flexibility index (Phi) is 4.81. The molecule has 0 atom stereocenters. The number of aromatic nitrogens is 1. The van der Waals surface area contributed by atoms with Crippen LogP contribution in [0, 0.1) is 0 Å². The van der Waals surface area contributed by atoms with Gasteiger partial charge in [-0.3, -0.25) is 4.79 Å². The van der Waals surface area contributed by atoms with E-state index in [2.05, 4.69) is 4.98 Å². The van der Waals surface area contributed by atoms with Crippen molar-refractivity contribution in [1.29, 1.82) is 0 Å². The summed E-state index contributed by atoms with van der Waals surface area (Å²) in [4.78, 5) is 18.6. The van der Waals surface area contributed by atoms with Crippen molar-refractivity contribution in [3.63, 3.8) is 0 Å². The molecule has 2 aromatic rings. The molecule has 1 saturated carbocycles. The maximum Gasteiger partial charge on any atom is 0.272 e. The van der Waals surface area contributed by atoms with E-state index in [4.69, 9.17) is 5.73 Å². The van der Waals surface area contributed by atoms with E-state index in [0.29, 0.717) is 24.0 Å². The number of nitrogens with two attached hydrogens (primary N) is 1. The average Bonchev–Trinajstić information content (AvgIpc) is 3.30. The van der Waals surface area contributed by atoms with Crippen LogP contribution in [0.25, 0.3) is 0 Å². The van der Waals surface area contributed by atoms with E-state index in [1.54, 1.807) is 12.1 Å². The summed E-state index contributed by atoms with van der Waals surface area (Å²) in [6, 6.07) is 13.8. The van der Waals surface area contributed by atoms with Crippen LogP contribution in [0.5, 0.6) is 0 Å². The zero-order chi connectivity index (χ0) is 13.9. The Morgan fingerprint density at radius 3 is 2.48 bits per heavy atom. The van der Waals surface area contributed by atoms with Gasteiger partial charge in [-0.05, 0) is 30.5 Å². The standard InChI is InChI=1S/C16H17N3O.ClH/c17-13-6-9-15(18-10-13)16(20)19(14-7-8-14)11-12-4-2-1-3-5-12;/h1-6,9-10,14H,7-8,11,17H2;1H. The van der Waals surface area contributed by atoms with Crippen LogP contribution < -0.4 is 5.73 Å². The van der Waals surface area contributed by atoms with Gasteiger partial charge >= 0.3 is 0 Å². The molecular formula is C16H18ClN3O. The number of amides is 1. The van der Waals surface area contributed by atoms with Crippen LogP contribution in [0.3, 0.4) is 0 Å². The van der Waals surface area contributed by atoms with Gasteiger partial charge in [0.1, 0.15) is 5.69 Å². The summed E-state index contributed by atoms with van der Waals surface area (Å²) in [6.45, 7) is 0.635. The van der Waals surface area contributed by atoms with Gasteiger partial charge in [-0.1, -0.05) is 30.3 Å². The number of hydrogen-bond donors (Lipinski definition) is 1. The lowest BCUT2D eigenvalue weighted by molar-refractivity contribution is 0.0724. The third-order valence-electron chi connectivity index (χ3n) is 3.45. The molecule has 0 radical (unpaired) electrons. The first-order chi connectivity index (χ1) is 9.74. The van der Waals surface area contributed by atoms with Crippen LogP contribution in [0.15, 0.2) is 48.7 Å². The number of halogens is 1. The minimum Gasteiger partial charge on any atom is -0.397 e. The second-order valence-electron chi connectivity index (χ2n) is 5.13. The minimum atomic E-state index is -0.0173. The van der Waals surface area contributed by atoms with Crippen LogP contribution in [-0.4, -0.2) is 21.8 Å². The molecule has 0 spiro atoms. The number of nitrogens with zero attached hydrogens (tertiary/aromatic N) is 2. The van der Waals surface area contributed by atoms with Gasteiger partial charge in [0.05, 0.1) is 11.9 Å². The number of rotatable bonds is 4. The van der Waals surface area contributed by atoms with Crippen molar-refractivity contribution < 1.29 is 4.79 Å². The second-order valence-corrected chi connectivity index (χ2v) is 5.13. The second kappa shape index (κ2) is 6.59. The number of nitrogen functional groups attached to an aromatic ring is 1. The fraction of sp³-hybridized carbons (Fsp3) is 0.250. The first kappa shape index (κ1) is 15.3. The monoisotopic (exact) mass is 303 g/mol. The molecule has 1 fully saturated rings. The van der Waals surface area contributed by atoms with E-state index in [1.165, 1.54) is 6.20 Å². The Balaban J connectivity index is 0.00000161. The van der Waals surface area contributed by atoms with E-state index in [1.807, 2.05) is 35.2 Å². The van der Waals surface area contributed by atoms with Gasteiger partial charge in [0.25, 0.3) is 5.91 Å². The number of carbonyl (C=O) groups is 1. The van der Waals surface area contributed by atoms with Crippen molar-refractivity contribution in [1.82, 2.24) is 9.88 Å². The molecule has 5 heteroatoms. The molecule has 0 bridgehead atoms. The third kappa shape index (κ3) is 3.73. The molecule has 0 aliphatic heterocycles. The summed E-state index contributed by atoms with van der Waals surface area (Å²) in [7, 11) is 0. The summed E-state index contributed by atoms with van der Waals surface area (Å²) < 4.78 is 0. The smallest absolute Gasteiger partial charge is 0.272 e. The van der Waals surface area contributed by atoms with Crippen molar-refractivity contribution >= 4 is 24.0 Å². The summed E-state index contributed by atoms with van der Waals surface area (Å²) in [5.41, 5.74) is 7.79. The Morgan fingerprint density at radius 1 is 1.19 bits per heavy atom. The van der Waals surface area contributed by atoms with Gasteiger partial charge in [-0.25, -0.2) is 4.98 Å². The van der Waals surface area contributed by atoms with Crippen LogP contribution in [0.4, 0.5) is 5.69 Å². The lowest BCUT2D eigenvalue weighted by atomic mass is 10.2. The van der Waals surface area contributed by atoms with Crippen molar-refractivity contribution in [3.8, 4) is 0 Å². The van der Waals surface area contributed by atoms with Gasteiger partial charge in [-0.15, -0.1) is 12.4 Å². The first-order valence-corrected chi connectivity index (χ1v) is 6.80.